The summed E-state index contributed by atoms with van der Waals surface area (Å²) in [6.07, 6.45) is -2.99. The zero-order valence-electron chi connectivity index (χ0n) is 7.77. The summed E-state index contributed by atoms with van der Waals surface area (Å²) >= 11 is 0. The molecule has 0 atom stereocenters. The summed E-state index contributed by atoms with van der Waals surface area (Å²) in [7, 11) is 1.58. The maximum Gasteiger partial charge on any atom is 0.416 e. The van der Waals surface area contributed by atoms with Gasteiger partial charge in [0, 0.05) is 18.6 Å². The van der Waals surface area contributed by atoms with E-state index in [0.717, 1.165) is 6.07 Å². The molecule has 0 saturated heterocycles. The molecule has 0 aliphatic heterocycles. The number of aryl methyl sites for hydroxylation is 1. The number of hydrogen-bond acceptors (Lipinski definition) is 0. The first kappa shape index (κ1) is 10.0. The predicted molar refractivity (Wildman–Crippen MR) is 47.9 cm³/mol. The summed E-state index contributed by atoms with van der Waals surface area (Å²) < 4.78 is 51.8. The number of hydrogen-bond donors (Lipinski definition) is 0. The molecule has 5 heteroatoms. The molecular formula is C10H7F4N. The quantitative estimate of drug-likeness (QED) is 0.596. The average molecular weight is 217 g/mol. The van der Waals surface area contributed by atoms with Crippen LogP contribution in [0.4, 0.5) is 17.6 Å². The molecule has 1 aromatic heterocycles. The van der Waals surface area contributed by atoms with Crippen LogP contribution in [0.5, 0.6) is 0 Å². The molecule has 1 heterocycles. The van der Waals surface area contributed by atoms with Crippen LogP contribution in [0.2, 0.25) is 0 Å². The number of fused-ring (bicyclic) bond motifs is 1. The molecule has 0 radical (unpaired) electrons. The van der Waals surface area contributed by atoms with Crippen LogP contribution in [0, 0.1) is 5.82 Å². The van der Waals surface area contributed by atoms with Crippen molar-refractivity contribution in [1.29, 1.82) is 0 Å². The highest BCUT2D eigenvalue weighted by Gasteiger charge is 2.31. The second-order valence-electron chi connectivity index (χ2n) is 3.32. The maximum atomic E-state index is 13.4. The molecular weight excluding hydrogens is 210 g/mol. The van der Waals surface area contributed by atoms with Gasteiger partial charge in [0.25, 0.3) is 0 Å². The number of nitrogens with zero attached hydrogens (tertiary/aromatic N) is 1. The number of benzene rings is 1. The average Bonchev–Trinajstić information content (AvgIpc) is 2.46. The van der Waals surface area contributed by atoms with Gasteiger partial charge < -0.3 is 4.57 Å². The Bertz CT molecular complexity index is 510. The van der Waals surface area contributed by atoms with Crippen molar-refractivity contribution in [1.82, 2.24) is 4.57 Å². The highest BCUT2D eigenvalue weighted by atomic mass is 19.4. The predicted octanol–water partition coefficient (Wildman–Crippen LogP) is 3.34. The Balaban J connectivity index is 2.74. The van der Waals surface area contributed by atoms with Crippen molar-refractivity contribution in [3.05, 3.63) is 35.8 Å². The molecule has 2 rings (SSSR count). The third kappa shape index (κ3) is 1.58. The second-order valence-corrected chi connectivity index (χ2v) is 3.32. The van der Waals surface area contributed by atoms with Gasteiger partial charge in [-0.1, -0.05) is 0 Å². The summed E-state index contributed by atoms with van der Waals surface area (Å²) in [5, 5.41) is 0.254. The van der Waals surface area contributed by atoms with E-state index >= 15 is 0 Å². The van der Waals surface area contributed by atoms with Crippen molar-refractivity contribution in [2.75, 3.05) is 0 Å². The Labute approximate surface area is 82.9 Å². The van der Waals surface area contributed by atoms with Crippen molar-refractivity contribution in [2.24, 2.45) is 7.05 Å². The minimum atomic E-state index is -4.51. The molecule has 0 unspecified atom stereocenters. The molecule has 0 aliphatic rings. The summed E-state index contributed by atoms with van der Waals surface area (Å²) in [4.78, 5) is 0. The molecule has 2 aromatic rings. The van der Waals surface area contributed by atoms with Crippen molar-refractivity contribution in [3.63, 3.8) is 0 Å². The lowest BCUT2D eigenvalue weighted by Gasteiger charge is -2.07. The minimum absolute atomic E-state index is 0.183. The third-order valence-corrected chi connectivity index (χ3v) is 2.25. The van der Waals surface area contributed by atoms with Crippen LogP contribution in [0.3, 0.4) is 0 Å². The first-order chi connectivity index (χ1) is 6.89. The second kappa shape index (κ2) is 2.98. The SMILES string of the molecule is Cn1ccc2cc(C(F)(F)F)cc(F)c21. The Hall–Kier alpha value is -1.52. The normalized spacial score (nSPS) is 12.3. The fraction of sp³-hybridized carbons (Fsp3) is 0.200. The van der Waals surface area contributed by atoms with Gasteiger partial charge >= 0.3 is 6.18 Å². The Kier molecular flexibility index (Phi) is 1.99. The lowest BCUT2D eigenvalue weighted by molar-refractivity contribution is -0.137. The van der Waals surface area contributed by atoms with E-state index in [1.165, 1.54) is 16.8 Å². The van der Waals surface area contributed by atoms with Crippen molar-refractivity contribution in [2.45, 2.75) is 6.18 Å². The molecule has 0 aliphatic carbocycles. The number of halogens is 4. The maximum absolute atomic E-state index is 13.4. The van der Waals surface area contributed by atoms with Gasteiger partial charge in [0.15, 0.2) is 0 Å². The van der Waals surface area contributed by atoms with E-state index in [1.54, 1.807) is 7.05 Å². The van der Waals surface area contributed by atoms with Crippen LogP contribution >= 0.6 is 0 Å². The van der Waals surface area contributed by atoms with Gasteiger partial charge in [-0.15, -0.1) is 0 Å². The van der Waals surface area contributed by atoms with Gasteiger partial charge in [-0.05, 0) is 18.2 Å². The molecule has 0 spiro atoms. The fourth-order valence-corrected chi connectivity index (χ4v) is 1.55. The van der Waals surface area contributed by atoms with Gasteiger partial charge in [-0.2, -0.15) is 13.2 Å². The minimum Gasteiger partial charge on any atom is -0.348 e. The Morgan fingerprint density at radius 1 is 1.20 bits per heavy atom. The largest absolute Gasteiger partial charge is 0.416 e. The summed E-state index contributed by atoms with van der Waals surface area (Å²) in [6.45, 7) is 0. The lowest BCUT2D eigenvalue weighted by atomic mass is 10.1. The zero-order chi connectivity index (χ0) is 11.2. The van der Waals surface area contributed by atoms with Crippen LogP contribution in [0.15, 0.2) is 24.4 Å². The van der Waals surface area contributed by atoms with E-state index in [-0.39, 0.29) is 10.9 Å². The van der Waals surface area contributed by atoms with Gasteiger partial charge in [-0.25, -0.2) is 4.39 Å². The van der Waals surface area contributed by atoms with E-state index in [9.17, 15) is 17.6 Å². The van der Waals surface area contributed by atoms with E-state index in [4.69, 9.17) is 0 Å². The highest BCUT2D eigenvalue weighted by molar-refractivity contribution is 5.81. The van der Waals surface area contributed by atoms with Crippen molar-refractivity contribution in [3.8, 4) is 0 Å². The summed E-state index contributed by atoms with van der Waals surface area (Å²) in [5.41, 5.74) is -0.776. The monoisotopic (exact) mass is 217 g/mol. The van der Waals surface area contributed by atoms with Crippen molar-refractivity contribution >= 4 is 10.9 Å². The summed E-state index contributed by atoms with van der Waals surface area (Å²) in [6, 6.07) is 2.91. The molecule has 0 N–H and O–H groups in total. The standard InChI is InChI=1S/C10H7F4N/c1-15-3-2-6-4-7(10(12,13)14)5-8(11)9(6)15/h2-5H,1H3. The Morgan fingerprint density at radius 3 is 2.47 bits per heavy atom. The van der Waals surface area contributed by atoms with Gasteiger partial charge in [0.1, 0.15) is 5.82 Å². The number of alkyl halides is 3. The molecule has 0 fully saturated rings. The molecule has 0 amide bonds. The topological polar surface area (TPSA) is 4.93 Å². The van der Waals surface area contributed by atoms with E-state index < -0.39 is 17.6 Å². The summed E-state index contributed by atoms with van der Waals surface area (Å²) in [5.74, 6) is -0.854. The van der Waals surface area contributed by atoms with Crippen LogP contribution in [-0.2, 0) is 13.2 Å². The van der Waals surface area contributed by atoms with Gasteiger partial charge in [0.05, 0.1) is 11.1 Å². The smallest absolute Gasteiger partial charge is 0.348 e. The molecule has 0 saturated carbocycles. The fourth-order valence-electron chi connectivity index (χ4n) is 1.55. The molecule has 1 nitrogen and oxygen atoms in total. The van der Waals surface area contributed by atoms with Gasteiger partial charge in [0.2, 0.25) is 0 Å². The first-order valence-corrected chi connectivity index (χ1v) is 4.21. The van der Waals surface area contributed by atoms with E-state index in [1.807, 2.05) is 0 Å². The highest BCUT2D eigenvalue weighted by Crippen LogP contribution is 2.32. The number of aromatic nitrogens is 1. The molecule has 80 valence electrons. The van der Waals surface area contributed by atoms with Crippen LogP contribution in [0.25, 0.3) is 10.9 Å². The van der Waals surface area contributed by atoms with E-state index in [2.05, 4.69) is 0 Å². The lowest BCUT2D eigenvalue weighted by Crippen LogP contribution is -2.05. The molecule has 15 heavy (non-hydrogen) atoms. The first-order valence-electron chi connectivity index (χ1n) is 4.21. The van der Waals surface area contributed by atoms with Gasteiger partial charge in [-0.3, -0.25) is 0 Å². The van der Waals surface area contributed by atoms with Crippen LogP contribution < -0.4 is 0 Å². The zero-order valence-corrected chi connectivity index (χ0v) is 7.77. The van der Waals surface area contributed by atoms with Crippen molar-refractivity contribution < 1.29 is 17.6 Å². The number of rotatable bonds is 0. The third-order valence-electron chi connectivity index (χ3n) is 2.25. The van der Waals surface area contributed by atoms with Crippen LogP contribution in [0.1, 0.15) is 5.56 Å². The Morgan fingerprint density at radius 2 is 1.87 bits per heavy atom. The molecule has 0 bridgehead atoms. The van der Waals surface area contributed by atoms with Crippen LogP contribution in [-0.4, -0.2) is 4.57 Å². The van der Waals surface area contributed by atoms with E-state index in [0.29, 0.717) is 6.07 Å². The molecule has 1 aromatic carbocycles.